The number of nitrogens with one attached hydrogen (secondary N) is 3. The smallest absolute Gasteiger partial charge is 0.269 e. The normalized spacial score (nSPS) is 9.84. The molecule has 0 unspecified atom stereocenters. The second-order valence-corrected chi connectivity index (χ2v) is 5.79. The number of carbonyl (C=O) groups is 2. The zero-order valence-electron chi connectivity index (χ0n) is 14.0. The molecule has 0 aliphatic rings. The second kappa shape index (κ2) is 8.79. The minimum Gasteiger partial charge on any atom is -0.483 e. The quantitative estimate of drug-likeness (QED) is 0.576. The average molecular weight is 357 g/mol. The van der Waals surface area contributed by atoms with Crippen LogP contribution in [-0.4, -0.2) is 23.5 Å². The summed E-state index contributed by atoms with van der Waals surface area (Å²) in [5.41, 5.74) is 7.34. The fraction of sp³-hybridized carbons (Fsp3) is 0.167. The van der Waals surface area contributed by atoms with Gasteiger partial charge in [0.25, 0.3) is 11.8 Å². The van der Waals surface area contributed by atoms with Gasteiger partial charge in [-0.25, -0.2) is 0 Å². The van der Waals surface area contributed by atoms with E-state index in [0.29, 0.717) is 11.3 Å². The van der Waals surface area contributed by atoms with Crippen LogP contribution in [0.1, 0.15) is 21.5 Å². The number of hydrogen-bond acceptors (Lipinski definition) is 4. The fourth-order valence-electron chi connectivity index (χ4n) is 1.98. The number of thiocarbonyl (C=S) groups is 1. The lowest BCUT2D eigenvalue weighted by molar-refractivity contribution is -0.121. The van der Waals surface area contributed by atoms with E-state index in [1.165, 1.54) is 0 Å². The first-order chi connectivity index (χ1) is 12.0. The van der Waals surface area contributed by atoms with E-state index in [4.69, 9.17) is 17.0 Å². The Hall–Kier alpha value is -2.93. The SMILES string of the molecule is Cc1ccc(C)c(OCC(=O)NC(=S)NNC(=O)c2ccccc2)c1. The molecule has 0 fully saturated rings. The molecule has 0 bridgehead atoms. The first-order valence-corrected chi connectivity index (χ1v) is 8.02. The van der Waals surface area contributed by atoms with Gasteiger partial charge >= 0.3 is 0 Å². The number of hydrazine groups is 1. The molecule has 0 atom stereocenters. The lowest BCUT2D eigenvalue weighted by atomic mass is 10.1. The Balaban J connectivity index is 1.75. The van der Waals surface area contributed by atoms with Crippen molar-refractivity contribution in [1.29, 1.82) is 0 Å². The number of hydrogen-bond donors (Lipinski definition) is 3. The van der Waals surface area contributed by atoms with Crippen molar-refractivity contribution < 1.29 is 14.3 Å². The van der Waals surface area contributed by atoms with Crippen LogP contribution in [0.3, 0.4) is 0 Å². The van der Waals surface area contributed by atoms with Crippen molar-refractivity contribution in [1.82, 2.24) is 16.2 Å². The molecule has 0 heterocycles. The van der Waals surface area contributed by atoms with E-state index in [0.717, 1.165) is 11.1 Å². The van der Waals surface area contributed by atoms with Crippen LogP contribution < -0.4 is 20.9 Å². The van der Waals surface area contributed by atoms with Gasteiger partial charge < -0.3 is 4.74 Å². The molecule has 0 radical (unpaired) electrons. The van der Waals surface area contributed by atoms with Crippen LogP contribution in [-0.2, 0) is 4.79 Å². The highest BCUT2D eigenvalue weighted by atomic mass is 32.1. The summed E-state index contributed by atoms with van der Waals surface area (Å²) >= 11 is 4.96. The number of rotatable bonds is 4. The number of ether oxygens (including phenoxy) is 1. The molecule has 2 amide bonds. The Kier molecular flexibility index (Phi) is 6.47. The lowest BCUT2D eigenvalue weighted by Crippen LogP contribution is -2.49. The van der Waals surface area contributed by atoms with Crippen molar-refractivity contribution in [3.05, 3.63) is 65.2 Å². The van der Waals surface area contributed by atoms with Gasteiger partial charge in [0, 0.05) is 5.56 Å². The molecule has 0 saturated heterocycles. The average Bonchev–Trinajstić information content (AvgIpc) is 2.61. The molecule has 2 aromatic rings. The lowest BCUT2D eigenvalue weighted by Gasteiger charge is -2.12. The molecule has 0 saturated carbocycles. The molecule has 130 valence electrons. The molecule has 7 heteroatoms. The van der Waals surface area contributed by atoms with E-state index < -0.39 is 5.91 Å². The summed E-state index contributed by atoms with van der Waals surface area (Å²) < 4.78 is 5.49. The Labute approximate surface area is 151 Å². The minimum absolute atomic E-state index is 0.0150. The third-order valence-corrected chi connectivity index (χ3v) is 3.49. The topological polar surface area (TPSA) is 79.5 Å². The molecule has 0 aliphatic carbocycles. The molecule has 0 aromatic heterocycles. The number of carbonyl (C=O) groups excluding carboxylic acids is 2. The van der Waals surface area contributed by atoms with Gasteiger partial charge in [-0.1, -0.05) is 30.3 Å². The van der Waals surface area contributed by atoms with Crippen LogP contribution in [0.15, 0.2) is 48.5 Å². The van der Waals surface area contributed by atoms with Gasteiger partial charge in [-0.2, -0.15) is 0 Å². The fourth-order valence-corrected chi connectivity index (χ4v) is 2.14. The van der Waals surface area contributed by atoms with E-state index in [1.807, 2.05) is 38.1 Å². The van der Waals surface area contributed by atoms with Crippen LogP contribution in [0.4, 0.5) is 0 Å². The third-order valence-electron chi connectivity index (χ3n) is 3.28. The Morgan fingerprint density at radius 2 is 1.76 bits per heavy atom. The highest BCUT2D eigenvalue weighted by Gasteiger charge is 2.09. The monoisotopic (exact) mass is 357 g/mol. The molecular formula is C18H19N3O3S. The van der Waals surface area contributed by atoms with Crippen LogP contribution in [0.2, 0.25) is 0 Å². The number of benzene rings is 2. The Morgan fingerprint density at radius 3 is 2.48 bits per heavy atom. The summed E-state index contributed by atoms with van der Waals surface area (Å²) in [5.74, 6) is -0.136. The summed E-state index contributed by atoms with van der Waals surface area (Å²) in [6.45, 7) is 3.66. The van der Waals surface area contributed by atoms with E-state index in [1.54, 1.807) is 24.3 Å². The van der Waals surface area contributed by atoms with Crippen molar-refractivity contribution in [3.8, 4) is 5.75 Å². The van der Waals surface area contributed by atoms with E-state index >= 15 is 0 Å². The zero-order chi connectivity index (χ0) is 18.2. The molecule has 0 aliphatic heterocycles. The maximum absolute atomic E-state index is 11.9. The first kappa shape index (κ1) is 18.4. The summed E-state index contributed by atoms with van der Waals surface area (Å²) in [7, 11) is 0. The molecule has 25 heavy (non-hydrogen) atoms. The van der Waals surface area contributed by atoms with Crippen molar-refractivity contribution >= 4 is 29.1 Å². The van der Waals surface area contributed by atoms with Crippen molar-refractivity contribution in [2.24, 2.45) is 0 Å². The van der Waals surface area contributed by atoms with E-state index in [9.17, 15) is 9.59 Å². The molecule has 2 rings (SSSR count). The van der Waals surface area contributed by atoms with Crippen LogP contribution in [0.5, 0.6) is 5.75 Å². The number of aryl methyl sites for hydroxylation is 2. The molecule has 3 N–H and O–H groups in total. The van der Waals surface area contributed by atoms with Gasteiger partial charge in [0.05, 0.1) is 0 Å². The van der Waals surface area contributed by atoms with Crippen molar-refractivity contribution in [2.45, 2.75) is 13.8 Å². The maximum atomic E-state index is 11.9. The van der Waals surface area contributed by atoms with Gasteiger partial charge in [-0.3, -0.25) is 25.8 Å². The molecule has 2 aromatic carbocycles. The Bertz CT molecular complexity index is 778. The minimum atomic E-state index is -0.424. The van der Waals surface area contributed by atoms with Crippen LogP contribution in [0, 0.1) is 13.8 Å². The summed E-state index contributed by atoms with van der Waals surface area (Å²) in [6.07, 6.45) is 0. The summed E-state index contributed by atoms with van der Waals surface area (Å²) in [5, 5.41) is 2.42. The van der Waals surface area contributed by atoms with E-state index in [-0.39, 0.29) is 17.6 Å². The second-order valence-electron chi connectivity index (χ2n) is 5.38. The molecular weight excluding hydrogens is 338 g/mol. The van der Waals surface area contributed by atoms with Crippen LogP contribution >= 0.6 is 12.2 Å². The highest BCUT2D eigenvalue weighted by Crippen LogP contribution is 2.18. The van der Waals surface area contributed by atoms with E-state index in [2.05, 4.69) is 16.2 Å². The largest absolute Gasteiger partial charge is 0.483 e. The van der Waals surface area contributed by atoms with Crippen molar-refractivity contribution in [2.75, 3.05) is 6.61 Å². The predicted molar refractivity (Wildman–Crippen MR) is 99.2 cm³/mol. The van der Waals surface area contributed by atoms with Crippen molar-refractivity contribution in [3.63, 3.8) is 0 Å². The zero-order valence-corrected chi connectivity index (χ0v) is 14.8. The van der Waals surface area contributed by atoms with Gasteiger partial charge in [0.15, 0.2) is 11.7 Å². The summed E-state index contributed by atoms with van der Waals surface area (Å²) in [4.78, 5) is 23.7. The third kappa shape index (κ3) is 5.89. The van der Waals surface area contributed by atoms with Gasteiger partial charge in [0.1, 0.15) is 5.75 Å². The predicted octanol–water partition coefficient (Wildman–Crippen LogP) is 2.02. The highest BCUT2D eigenvalue weighted by molar-refractivity contribution is 7.80. The number of amides is 2. The van der Waals surface area contributed by atoms with Gasteiger partial charge in [-0.15, -0.1) is 0 Å². The van der Waals surface area contributed by atoms with Gasteiger partial charge in [-0.05, 0) is 55.4 Å². The molecule has 6 nitrogen and oxygen atoms in total. The first-order valence-electron chi connectivity index (χ1n) is 7.61. The summed E-state index contributed by atoms with van der Waals surface area (Å²) in [6, 6.07) is 14.4. The standard InChI is InChI=1S/C18H19N3O3S/c1-12-8-9-13(2)15(10-12)24-11-16(22)19-18(25)21-20-17(23)14-6-4-3-5-7-14/h3-10H,11H2,1-2H3,(H,20,23)(H2,19,21,22,25). The molecule has 0 spiro atoms. The van der Waals surface area contributed by atoms with Gasteiger partial charge in [0.2, 0.25) is 0 Å². The maximum Gasteiger partial charge on any atom is 0.269 e. The Morgan fingerprint density at radius 1 is 1.04 bits per heavy atom. The van der Waals surface area contributed by atoms with Crippen LogP contribution in [0.25, 0.3) is 0 Å².